The molecule has 1 aromatic rings. The minimum Gasteiger partial charge on any atom is -0.463 e. The molecule has 2 rings (SSSR count). The summed E-state index contributed by atoms with van der Waals surface area (Å²) in [6, 6.07) is 8.27. The van der Waals surface area contributed by atoms with Crippen LogP contribution in [0.4, 0.5) is 0 Å². The van der Waals surface area contributed by atoms with Crippen molar-refractivity contribution >= 4 is 11.9 Å². The van der Waals surface area contributed by atoms with Crippen LogP contribution in [0.15, 0.2) is 30.3 Å². The maximum atomic E-state index is 12.5. The zero-order valence-corrected chi connectivity index (χ0v) is 18.3. The first-order chi connectivity index (χ1) is 14.9. The molecule has 0 spiro atoms. The van der Waals surface area contributed by atoms with Crippen LogP contribution < -0.4 is 0 Å². The Morgan fingerprint density at radius 1 is 1.00 bits per heavy atom. The average Bonchev–Trinajstić information content (AvgIpc) is 2.77. The second kappa shape index (κ2) is 13.4. The molecular weight excluding hydrogens is 404 g/mol. The van der Waals surface area contributed by atoms with Crippen LogP contribution in [0.1, 0.15) is 62.7 Å². The molecule has 1 fully saturated rings. The first-order valence-corrected chi connectivity index (χ1v) is 11.0. The molecule has 0 radical (unpaired) electrons. The molecule has 174 valence electrons. The van der Waals surface area contributed by atoms with E-state index in [9.17, 15) is 19.8 Å². The molecule has 0 bridgehead atoms. The van der Waals surface area contributed by atoms with Crippen LogP contribution in [0.2, 0.25) is 0 Å². The Hall–Kier alpha value is -2.00. The minimum atomic E-state index is -1.39. The summed E-state index contributed by atoms with van der Waals surface area (Å²) in [6.07, 6.45) is 0.246. The lowest BCUT2D eigenvalue weighted by Crippen LogP contribution is -2.60. The Balaban J connectivity index is 1.98. The van der Waals surface area contributed by atoms with Crippen molar-refractivity contribution in [1.82, 2.24) is 0 Å². The molecule has 8 nitrogen and oxygen atoms in total. The standard InChI is InChI=1S/C23H34O8/c1-3-4-5-6-7-11-14-28-23-20(26)21(19(25)18(30-23)15-29-16(2)24)31-22(27)17-12-9-8-10-13-17/h8-10,12-13,18-21,23,25-26H,3-7,11,14-15H2,1-2H3/t18-,19-,20-,21+,23-/m1/s1. The summed E-state index contributed by atoms with van der Waals surface area (Å²) in [7, 11) is 0. The van der Waals surface area contributed by atoms with E-state index in [1.54, 1.807) is 30.3 Å². The van der Waals surface area contributed by atoms with Crippen LogP contribution in [0, 0.1) is 0 Å². The molecule has 31 heavy (non-hydrogen) atoms. The fraction of sp³-hybridized carbons (Fsp3) is 0.652. The maximum Gasteiger partial charge on any atom is 0.338 e. The van der Waals surface area contributed by atoms with Gasteiger partial charge in [-0.2, -0.15) is 0 Å². The van der Waals surface area contributed by atoms with Gasteiger partial charge >= 0.3 is 11.9 Å². The monoisotopic (exact) mass is 438 g/mol. The summed E-state index contributed by atoms with van der Waals surface area (Å²) in [4.78, 5) is 23.6. The van der Waals surface area contributed by atoms with Gasteiger partial charge in [-0.1, -0.05) is 57.2 Å². The number of unbranched alkanes of at least 4 members (excludes halogenated alkanes) is 5. The molecule has 1 aliphatic rings. The normalized spacial score (nSPS) is 25.7. The largest absolute Gasteiger partial charge is 0.463 e. The Kier molecular flexibility index (Phi) is 10.9. The number of hydrogen-bond donors (Lipinski definition) is 2. The average molecular weight is 439 g/mol. The number of esters is 2. The number of aliphatic hydroxyl groups excluding tert-OH is 2. The van der Waals surface area contributed by atoms with E-state index in [1.165, 1.54) is 26.2 Å². The Morgan fingerprint density at radius 2 is 1.68 bits per heavy atom. The third-order valence-electron chi connectivity index (χ3n) is 5.13. The fourth-order valence-electron chi connectivity index (χ4n) is 3.36. The van der Waals surface area contributed by atoms with Crippen molar-refractivity contribution in [2.45, 2.75) is 83.1 Å². The number of carbonyl (C=O) groups is 2. The summed E-state index contributed by atoms with van der Waals surface area (Å²) in [6.45, 7) is 3.50. The first-order valence-electron chi connectivity index (χ1n) is 11.0. The molecule has 0 aromatic heterocycles. The number of benzene rings is 1. The molecule has 1 heterocycles. The van der Waals surface area contributed by atoms with Crippen molar-refractivity contribution < 1.29 is 38.7 Å². The molecule has 5 atom stereocenters. The van der Waals surface area contributed by atoms with Gasteiger partial charge in [0.05, 0.1) is 5.56 Å². The third kappa shape index (κ3) is 8.22. The van der Waals surface area contributed by atoms with E-state index in [-0.39, 0.29) is 12.2 Å². The predicted octanol–water partition coefficient (Wildman–Crippen LogP) is 2.60. The van der Waals surface area contributed by atoms with Gasteiger partial charge in [-0.25, -0.2) is 4.79 Å². The van der Waals surface area contributed by atoms with Crippen molar-refractivity contribution in [1.29, 1.82) is 0 Å². The molecule has 0 unspecified atom stereocenters. The summed E-state index contributed by atoms with van der Waals surface area (Å²) >= 11 is 0. The summed E-state index contributed by atoms with van der Waals surface area (Å²) in [5.74, 6) is -1.23. The van der Waals surface area contributed by atoms with Crippen molar-refractivity contribution in [3.8, 4) is 0 Å². The molecule has 1 saturated heterocycles. The number of rotatable bonds is 12. The quantitative estimate of drug-likeness (QED) is 0.378. The lowest BCUT2D eigenvalue weighted by atomic mass is 9.98. The van der Waals surface area contributed by atoms with E-state index in [0.717, 1.165) is 19.3 Å². The zero-order chi connectivity index (χ0) is 22.6. The van der Waals surface area contributed by atoms with Gasteiger partial charge in [0.2, 0.25) is 0 Å². The number of carbonyl (C=O) groups excluding carboxylic acids is 2. The topological polar surface area (TPSA) is 112 Å². The van der Waals surface area contributed by atoms with E-state index in [1.807, 2.05) is 0 Å². The third-order valence-corrected chi connectivity index (χ3v) is 5.13. The lowest BCUT2D eigenvalue weighted by molar-refractivity contribution is -0.301. The predicted molar refractivity (Wildman–Crippen MR) is 112 cm³/mol. The summed E-state index contributed by atoms with van der Waals surface area (Å²) in [5.41, 5.74) is 0.287. The first kappa shape index (κ1) is 25.3. The minimum absolute atomic E-state index is 0.251. The second-order valence-electron chi connectivity index (χ2n) is 7.70. The molecule has 2 N–H and O–H groups in total. The highest BCUT2D eigenvalue weighted by Gasteiger charge is 2.47. The van der Waals surface area contributed by atoms with Gasteiger partial charge in [0, 0.05) is 13.5 Å². The van der Waals surface area contributed by atoms with Crippen LogP contribution in [0.25, 0.3) is 0 Å². The smallest absolute Gasteiger partial charge is 0.338 e. The number of ether oxygens (including phenoxy) is 4. The summed E-state index contributed by atoms with van der Waals surface area (Å²) in [5, 5.41) is 21.3. The number of hydrogen-bond acceptors (Lipinski definition) is 8. The van der Waals surface area contributed by atoms with E-state index in [0.29, 0.717) is 6.61 Å². The van der Waals surface area contributed by atoms with Crippen LogP contribution in [0.5, 0.6) is 0 Å². The van der Waals surface area contributed by atoms with Crippen molar-refractivity contribution in [2.75, 3.05) is 13.2 Å². The lowest BCUT2D eigenvalue weighted by Gasteiger charge is -2.41. The van der Waals surface area contributed by atoms with Crippen molar-refractivity contribution in [3.63, 3.8) is 0 Å². The van der Waals surface area contributed by atoms with E-state index >= 15 is 0 Å². The van der Waals surface area contributed by atoms with E-state index < -0.39 is 42.6 Å². The van der Waals surface area contributed by atoms with Gasteiger partial charge < -0.3 is 29.2 Å². The molecule has 1 aliphatic heterocycles. The molecule has 8 heteroatoms. The van der Waals surface area contributed by atoms with Crippen LogP contribution in [-0.2, 0) is 23.7 Å². The fourth-order valence-corrected chi connectivity index (χ4v) is 3.36. The van der Waals surface area contributed by atoms with E-state index in [4.69, 9.17) is 18.9 Å². The molecule has 0 aliphatic carbocycles. The Morgan fingerprint density at radius 3 is 2.35 bits per heavy atom. The molecule has 0 amide bonds. The van der Waals surface area contributed by atoms with Crippen LogP contribution in [-0.4, -0.2) is 66.1 Å². The second-order valence-corrected chi connectivity index (χ2v) is 7.70. The highest BCUT2D eigenvalue weighted by atomic mass is 16.7. The highest BCUT2D eigenvalue weighted by molar-refractivity contribution is 5.89. The van der Waals surface area contributed by atoms with Gasteiger partial charge in [0.15, 0.2) is 12.4 Å². The highest BCUT2D eigenvalue weighted by Crippen LogP contribution is 2.26. The zero-order valence-electron chi connectivity index (χ0n) is 18.3. The number of aliphatic hydroxyl groups is 2. The Labute approximate surface area is 183 Å². The molecule has 0 saturated carbocycles. The van der Waals surface area contributed by atoms with Gasteiger partial charge in [-0.15, -0.1) is 0 Å². The SMILES string of the molecule is CCCCCCCCO[C@@H]1O[C@H](COC(C)=O)[C@@H](O)[C@H](OC(=O)c2ccccc2)[C@H]1O. The van der Waals surface area contributed by atoms with Gasteiger partial charge in [0.1, 0.15) is 24.9 Å². The Bertz CT molecular complexity index is 665. The van der Waals surface area contributed by atoms with Crippen molar-refractivity contribution in [2.24, 2.45) is 0 Å². The summed E-state index contributed by atoms with van der Waals surface area (Å²) < 4.78 is 21.7. The van der Waals surface area contributed by atoms with Crippen molar-refractivity contribution in [3.05, 3.63) is 35.9 Å². The van der Waals surface area contributed by atoms with E-state index in [2.05, 4.69) is 6.92 Å². The van der Waals surface area contributed by atoms with Gasteiger partial charge in [0.25, 0.3) is 0 Å². The van der Waals surface area contributed by atoms with Crippen LogP contribution in [0.3, 0.4) is 0 Å². The molecular formula is C23H34O8. The molecule has 1 aromatic carbocycles. The van der Waals surface area contributed by atoms with Gasteiger partial charge in [-0.05, 0) is 18.6 Å². The van der Waals surface area contributed by atoms with Gasteiger partial charge in [-0.3, -0.25) is 4.79 Å². The van der Waals surface area contributed by atoms with Crippen LogP contribution >= 0.6 is 0 Å². The maximum absolute atomic E-state index is 12.5.